The third-order valence-electron chi connectivity index (χ3n) is 7.00. The minimum atomic E-state index is -2.66. The maximum Gasteiger partial charge on any atom is 0.255 e. The highest BCUT2D eigenvalue weighted by molar-refractivity contribution is 7.99. The lowest BCUT2D eigenvalue weighted by molar-refractivity contribution is -0.138. The van der Waals surface area contributed by atoms with Gasteiger partial charge in [-0.2, -0.15) is 0 Å². The summed E-state index contributed by atoms with van der Waals surface area (Å²) in [6.45, 7) is 0.350. The molecular formula is C25H30F3N3O4S. The molecular weight excluding hydrogens is 495 g/mol. The van der Waals surface area contributed by atoms with Crippen molar-refractivity contribution in [2.45, 2.75) is 81.2 Å². The molecule has 1 aromatic rings. The van der Waals surface area contributed by atoms with Crippen molar-refractivity contribution < 1.29 is 32.3 Å². The second-order valence-electron chi connectivity index (χ2n) is 9.55. The predicted molar refractivity (Wildman–Crippen MR) is 127 cm³/mol. The molecule has 0 aromatic heterocycles. The van der Waals surface area contributed by atoms with E-state index in [0.717, 1.165) is 19.3 Å². The van der Waals surface area contributed by atoms with Gasteiger partial charge in [0.1, 0.15) is 11.9 Å². The molecule has 11 heteroatoms. The number of carbonyl (C=O) groups is 4. The zero-order valence-electron chi connectivity index (χ0n) is 20.0. The van der Waals surface area contributed by atoms with Gasteiger partial charge in [0.25, 0.3) is 11.8 Å². The lowest BCUT2D eigenvalue weighted by Gasteiger charge is -2.31. The van der Waals surface area contributed by atoms with Crippen LogP contribution in [-0.4, -0.2) is 64.2 Å². The van der Waals surface area contributed by atoms with Gasteiger partial charge in [0.2, 0.25) is 17.7 Å². The summed E-state index contributed by atoms with van der Waals surface area (Å²) in [5.74, 6) is -3.70. The van der Waals surface area contributed by atoms with Gasteiger partial charge in [0.05, 0.1) is 0 Å². The van der Waals surface area contributed by atoms with Crippen molar-refractivity contribution in [3.8, 4) is 0 Å². The average molecular weight is 526 g/mol. The van der Waals surface area contributed by atoms with E-state index in [9.17, 15) is 32.3 Å². The number of amides is 4. The summed E-state index contributed by atoms with van der Waals surface area (Å²) in [5, 5.41) is 2.26. The van der Waals surface area contributed by atoms with Crippen LogP contribution in [0.2, 0.25) is 0 Å². The Kier molecular flexibility index (Phi) is 8.27. The second-order valence-corrected chi connectivity index (χ2v) is 10.7. The molecule has 4 rings (SSSR count). The average Bonchev–Trinajstić information content (AvgIpc) is 3.15. The summed E-state index contributed by atoms with van der Waals surface area (Å²) in [4.78, 5) is 52.1. The minimum absolute atomic E-state index is 0.0768. The van der Waals surface area contributed by atoms with Crippen molar-refractivity contribution in [1.29, 1.82) is 0 Å². The third kappa shape index (κ3) is 6.04. The minimum Gasteiger partial charge on any atom is -0.342 e. The number of likely N-dealkylation sites (tertiary alicyclic amines) is 1. The van der Waals surface area contributed by atoms with Gasteiger partial charge in [0.15, 0.2) is 0 Å². The molecule has 36 heavy (non-hydrogen) atoms. The van der Waals surface area contributed by atoms with E-state index in [2.05, 4.69) is 5.32 Å². The molecule has 7 nitrogen and oxygen atoms in total. The van der Waals surface area contributed by atoms with E-state index in [1.807, 2.05) is 0 Å². The zero-order chi connectivity index (χ0) is 25.9. The first-order valence-electron chi connectivity index (χ1n) is 12.4. The number of fused-ring (bicyclic) bond motifs is 1. The van der Waals surface area contributed by atoms with E-state index < -0.39 is 23.7 Å². The number of halogens is 3. The third-order valence-corrected chi connectivity index (χ3v) is 8.22. The van der Waals surface area contributed by atoms with E-state index in [1.54, 1.807) is 0 Å². The Morgan fingerprint density at radius 2 is 1.81 bits per heavy atom. The molecule has 2 saturated heterocycles. The van der Waals surface area contributed by atoms with Gasteiger partial charge in [-0.25, -0.2) is 13.2 Å². The van der Waals surface area contributed by atoms with Crippen LogP contribution in [-0.2, 0) is 20.9 Å². The molecule has 0 aliphatic carbocycles. The summed E-state index contributed by atoms with van der Waals surface area (Å²) >= 11 is 1.34. The number of nitrogens with one attached hydrogen (secondary N) is 1. The Morgan fingerprint density at radius 3 is 2.53 bits per heavy atom. The number of piperidine rings is 2. The van der Waals surface area contributed by atoms with Gasteiger partial charge >= 0.3 is 0 Å². The number of benzene rings is 1. The van der Waals surface area contributed by atoms with Crippen LogP contribution >= 0.6 is 11.8 Å². The highest BCUT2D eigenvalue weighted by Gasteiger charge is 2.40. The Balaban J connectivity index is 1.21. The monoisotopic (exact) mass is 525 g/mol. The van der Waals surface area contributed by atoms with E-state index in [4.69, 9.17) is 0 Å². The molecule has 1 aromatic carbocycles. The number of hydrogen-bond acceptors (Lipinski definition) is 5. The highest BCUT2D eigenvalue weighted by Crippen LogP contribution is 2.36. The maximum atomic E-state index is 14.6. The maximum absolute atomic E-state index is 14.6. The summed E-state index contributed by atoms with van der Waals surface area (Å²) in [5.41, 5.74) is 0.963. The van der Waals surface area contributed by atoms with Crippen molar-refractivity contribution in [3.63, 3.8) is 0 Å². The lowest BCUT2D eigenvalue weighted by Crippen LogP contribution is -2.52. The van der Waals surface area contributed by atoms with Gasteiger partial charge in [-0.05, 0) is 37.1 Å². The standard InChI is InChI=1S/C25H30F3N3O4S/c26-18-7-6-16-17(15-31(24(16)35)19-8-9-20(32)29-23(19)34)22(18)36-14-4-2-1-3-5-21(33)30-12-10-25(27,28)11-13-30/h6-7,19H,1-5,8-15H2,(H,29,32,34). The molecule has 1 N–H and O–H groups in total. The largest absolute Gasteiger partial charge is 0.342 e. The van der Waals surface area contributed by atoms with Crippen molar-refractivity contribution in [2.75, 3.05) is 18.8 Å². The van der Waals surface area contributed by atoms with Crippen molar-refractivity contribution >= 4 is 35.4 Å². The first-order valence-corrected chi connectivity index (χ1v) is 13.4. The fourth-order valence-electron chi connectivity index (χ4n) is 4.89. The van der Waals surface area contributed by atoms with Crippen molar-refractivity contribution in [3.05, 3.63) is 29.1 Å². The van der Waals surface area contributed by atoms with Gasteiger partial charge in [-0.1, -0.05) is 12.8 Å². The summed E-state index contributed by atoms with van der Waals surface area (Å²) in [6.07, 6.45) is 3.35. The molecule has 1 atom stereocenters. The van der Waals surface area contributed by atoms with E-state index >= 15 is 0 Å². The fraction of sp³-hybridized carbons (Fsp3) is 0.600. The first kappa shape index (κ1) is 26.5. The van der Waals surface area contributed by atoms with E-state index in [1.165, 1.54) is 33.7 Å². The molecule has 0 saturated carbocycles. The predicted octanol–water partition coefficient (Wildman–Crippen LogP) is 3.89. The Hall–Kier alpha value is -2.56. The van der Waals surface area contributed by atoms with Crippen LogP contribution in [0.25, 0.3) is 0 Å². The molecule has 3 aliphatic heterocycles. The molecule has 196 valence electrons. The van der Waals surface area contributed by atoms with E-state index in [-0.39, 0.29) is 63.0 Å². The van der Waals surface area contributed by atoms with Crippen LogP contribution in [0, 0.1) is 5.82 Å². The molecule has 0 bridgehead atoms. The molecule has 3 heterocycles. The van der Waals surface area contributed by atoms with Crippen LogP contribution in [0.1, 0.15) is 73.7 Å². The van der Waals surface area contributed by atoms with Crippen LogP contribution in [0.3, 0.4) is 0 Å². The molecule has 2 fully saturated rings. The van der Waals surface area contributed by atoms with Crippen molar-refractivity contribution in [2.24, 2.45) is 0 Å². The van der Waals surface area contributed by atoms with Gasteiger partial charge in [0, 0.05) is 61.3 Å². The normalized spacial score (nSPS) is 21.5. The number of rotatable bonds is 9. The molecule has 3 aliphatic rings. The number of unbranched alkanes of at least 4 members (excludes halogenated alkanes) is 3. The Morgan fingerprint density at radius 1 is 1.08 bits per heavy atom. The first-order chi connectivity index (χ1) is 17.2. The molecule has 0 spiro atoms. The topological polar surface area (TPSA) is 86.8 Å². The van der Waals surface area contributed by atoms with Crippen molar-refractivity contribution in [1.82, 2.24) is 15.1 Å². The lowest BCUT2D eigenvalue weighted by atomic mass is 10.0. The second kappa shape index (κ2) is 11.2. The number of imide groups is 1. The number of hydrogen-bond donors (Lipinski definition) is 1. The Bertz CT molecular complexity index is 1040. The quantitative estimate of drug-likeness (QED) is 0.300. The van der Waals surface area contributed by atoms with Crippen LogP contribution in [0.5, 0.6) is 0 Å². The summed E-state index contributed by atoms with van der Waals surface area (Å²) in [7, 11) is 0. The van der Waals surface area contributed by atoms with Crippen LogP contribution < -0.4 is 5.32 Å². The molecule has 0 radical (unpaired) electrons. The Labute approximate surface area is 212 Å². The zero-order valence-corrected chi connectivity index (χ0v) is 20.8. The number of thioether (sulfide) groups is 1. The summed E-state index contributed by atoms with van der Waals surface area (Å²) in [6, 6.07) is 1.98. The van der Waals surface area contributed by atoms with Gasteiger partial charge in [-0.15, -0.1) is 11.8 Å². The smallest absolute Gasteiger partial charge is 0.255 e. The van der Waals surface area contributed by atoms with E-state index in [0.29, 0.717) is 34.6 Å². The van der Waals surface area contributed by atoms with Crippen LogP contribution in [0.15, 0.2) is 17.0 Å². The molecule has 4 amide bonds. The summed E-state index contributed by atoms with van der Waals surface area (Å²) < 4.78 is 41.1. The number of carbonyl (C=O) groups excluding carboxylic acids is 4. The SMILES string of the molecule is O=C1CCC(N2Cc3c(ccc(F)c3SCCCCCCC(=O)N3CCC(F)(F)CC3)C2=O)C(=O)N1. The van der Waals surface area contributed by atoms with Crippen LogP contribution in [0.4, 0.5) is 13.2 Å². The van der Waals surface area contributed by atoms with Gasteiger partial charge < -0.3 is 9.80 Å². The van der Waals surface area contributed by atoms with Gasteiger partial charge in [-0.3, -0.25) is 24.5 Å². The highest BCUT2D eigenvalue weighted by atomic mass is 32.2. The number of nitrogens with zero attached hydrogens (tertiary/aromatic N) is 2. The number of alkyl halides is 2. The fourth-order valence-corrected chi connectivity index (χ4v) is 6.00. The molecule has 1 unspecified atom stereocenters.